The molecule has 1 fully saturated rings. The second kappa shape index (κ2) is 6.59. The summed E-state index contributed by atoms with van der Waals surface area (Å²) in [6, 6.07) is 11.2. The van der Waals surface area contributed by atoms with Gasteiger partial charge in [-0.25, -0.2) is 0 Å². The van der Waals surface area contributed by atoms with Gasteiger partial charge < -0.3 is 5.32 Å². The summed E-state index contributed by atoms with van der Waals surface area (Å²) in [5, 5.41) is 4.81. The van der Waals surface area contributed by atoms with Crippen LogP contribution in [-0.2, 0) is 0 Å². The van der Waals surface area contributed by atoms with Gasteiger partial charge in [0, 0.05) is 17.6 Å². The fourth-order valence-corrected chi connectivity index (χ4v) is 4.35. The van der Waals surface area contributed by atoms with Gasteiger partial charge in [0.2, 0.25) is 0 Å². The van der Waals surface area contributed by atoms with Gasteiger partial charge >= 0.3 is 0 Å². The summed E-state index contributed by atoms with van der Waals surface area (Å²) in [5.41, 5.74) is 2.50. The molecule has 106 valence electrons. The minimum Gasteiger partial charge on any atom is -0.313 e. The highest BCUT2D eigenvalue weighted by Crippen LogP contribution is 2.33. The van der Waals surface area contributed by atoms with E-state index < -0.39 is 0 Å². The van der Waals surface area contributed by atoms with Crippen molar-refractivity contribution < 1.29 is 0 Å². The Morgan fingerprint density at radius 3 is 2.90 bits per heavy atom. The summed E-state index contributed by atoms with van der Waals surface area (Å²) < 4.78 is 0. The van der Waals surface area contributed by atoms with E-state index in [9.17, 15) is 0 Å². The average Bonchev–Trinajstić information content (AvgIpc) is 2.53. The standard InChI is InChI=1S/C17H22N2S/c1-18-17(12-13-7-10-20-11-8-13)15-4-2-6-16-14(15)5-3-9-19-16/h2-6,9,13,17-18H,7-8,10-12H2,1H3. The number of rotatable bonds is 4. The lowest BCUT2D eigenvalue weighted by Crippen LogP contribution is -2.22. The molecule has 2 aromatic rings. The van der Waals surface area contributed by atoms with Crippen molar-refractivity contribution in [1.29, 1.82) is 0 Å². The highest BCUT2D eigenvalue weighted by molar-refractivity contribution is 7.99. The Morgan fingerprint density at radius 2 is 2.10 bits per heavy atom. The molecule has 3 rings (SSSR count). The maximum Gasteiger partial charge on any atom is 0.0705 e. The summed E-state index contributed by atoms with van der Waals surface area (Å²) >= 11 is 2.10. The topological polar surface area (TPSA) is 24.9 Å². The molecule has 1 aliphatic heterocycles. The Kier molecular flexibility index (Phi) is 4.58. The highest BCUT2D eigenvalue weighted by atomic mass is 32.2. The van der Waals surface area contributed by atoms with Crippen LogP contribution >= 0.6 is 11.8 Å². The molecular weight excluding hydrogens is 264 g/mol. The van der Waals surface area contributed by atoms with E-state index in [1.54, 1.807) is 0 Å². The van der Waals surface area contributed by atoms with E-state index in [1.807, 2.05) is 12.3 Å². The summed E-state index contributed by atoms with van der Waals surface area (Å²) in [4.78, 5) is 4.47. The van der Waals surface area contributed by atoms with Crippen LogP contribution < -0.4 is 5.32 Å². The Balaban J connectivity index is 1.86. The van der Waals surface area contributed by atoms with Crippen LogP contribution in [-0.4, -0.2) is 23.5 Å². The van der Waals surface area contributed by atoms with Crippen molar-refractivity contribution in [1.82, 2.24) is 10.3 Å². The number of aromatic nitrogens is 1. The highest BCUT2D eigenvalue weighted by Gasteiger charge is 2.20. The van der Waals surface area contributed by atoms with Gasteiger partial charge in [0.15, 0.2) is 0 Å². The fraction of sp³-hybridized carbons (Fsp3) is 0.471. The molecule has 1 aliphatic rings. The van der Waals surface area contributed by atoms with Crippen molar-refractivity contribution >= 4 is 22.7 Å². The molecule has 1 unspecified atom stereocenters. The van der Waals surface area contributed by atoms with Gasteiger partial charge in [-0.2, -0.15) is 11.8 Å². The first kappa shape index (κ1) is 13.9. The maximum atomic E-state index is 4.47. The first-order valence-corrected chi connectivity index (χ1v) is 8.62. The van der Waals surface area contributed by atoms with Crippen molar-refractivity contribution in [3.05, 3.63) is 42.1 Å². The van der Waals surface area contributed by atoms with Crippen molar-refractivity contribution in [3.63, 3.8) is 0 Å². The maximum absolute atomic E-state index is 4.47. The Hall–Kier alpha value is -1.06. The Morgan fingerprint density at radius 1 is 1.25 bits per heavy atom. The summed E-state index contributed by atoms with van der Waals surface area (Å²) in [6.07, 6.45) is 5.85. The average molecular weight is 286 g/mol. The van der Waals surface area contributed by atoms with Crippen LogP contribution in [0.25, 0.3) is 10.9 Å². The third-order valence-corrected chi connectivity index (χ3v) is 5.36. The molecule has 1 saturated heterocycles. The second-order valence-electron chi connectivity index (χ2n) is 5.55. The molecule has 1 atom stereocenters. The summed E-state index contributed by atoms with van der Waals surface area (Å²) in [6.45, 7) is 0. The van der Waals surface area contributed by atoms with E-state index in [4.69, 9.17) is 0 Å². The van der Waals surface area contributed by atoms with Gasteiger partial charge in [0.05, 0.1) is 5.52 Å². The molecule has 2 nitrogen and oxygen atoms in total. The number of benzene rings is 1. The van der Waals surface area contributed by atoms with Crippen LogP contribution in [0, 0.1) is 5.92 Å². The number of nitrogens with zero attached hydrogens (tertiary/aromatic N) is 1. The van der Waals surface area contributed by atoms with Gasteiger partial charge in [-0.15, -0.1) is 0 Å². The largest absolute Gasteiger partial charge is 0.313 e. The molecule has 1 aromatic carbocycles. The molecule has 0 saturated carbocycles. The minimum absolute atomic E-state index is 0.441. The third kappa shape index (κ3) is 2.99. The molecule has 2 heterocycles. The molecule has 0 amide bonds. The molecule has 20 heavy (non-hydrogen) atoms. The lowest BCUT2D eigenvalue weighted by Gasteiger charge is -2.27. The van der Waals surface area contributed by atoms with Gasteiger partial charge in [0.25, 0.3) is 0 Å². The predicted molar refractivity (Wildman–Crippen MR) is 88.2 cm³/mol. The number of hydrogen-bond donors (Lipinski definition) is 1. The molecule has 0 radical (unpaired) electrons. The Labute approximate surface area is 125 Å². The van der Waals surface area contributed by atoms with Gasteiger partial charge in [0.1, 0.15) is 0 Å². The monoisotopic (exact) mass is 286 g/mol. The van der Waals surface area contributed by atoms with Crippen LogP contribution in [0.1, 0.15) is 30.9 Å². The van der Waals surface area contributed by atoms with E-state index in [2.05, 4.69) is 53.4 Å². The fourth-order valence-electron chi connectivity index (χ4n) is 3.15. The quantitative estimate of drug-likeness (QED) is 0.918. The molecule has 0 aliphatic carbocycles. The van der Waals surface area contributed by atoms with Crippen molar-refractivity contribution in [2.75, 3.05) is 18.6 Å². The normalized spacial score (nSPS) is 18.2. The zero-order chi connectivity index (χ0) is 13.8. The van der Waals surface area contributed by atoms with E-state index in [0.29, 0.717) is 6.04 Å². The minimum atomic E-state index is 0.441. The van der Waals surface area contributed by atoms with E-state index >= 15 is 0 Å². The molecule has 3 heteroatoms. The number of pyridine rings is 1. The van der Waals surface area contributed by atoms with Crippen LogP contribution in [0.4, 0.5) is 0 Å². The zero-order valence-corrected chi connectivity index (χ0v) is 12.8. The van der Waals surface area contributed by atoms with Crippen molar-refractivity contribution in [2.45, 2.75) is 25.3 Å². The van der Waals surface area contributed by atoms with Crippen LogP contribution in [0.5, 0.6) is 0 Å². The summed E-state index contributed by atoms with van der Waals surface area (Å²) in [7, 11) is 2.08. The van der Waals surface area contributed by atoms with Crippen LogP contribution in [0.2, 0.25) is 0 Å². The number of thioether (sulfide) groups is 1. The number of fused-ring (bicyclic) bond motifs is 1. The predicted octanol–water partition coefficient (Wildman–Crippen LogP) is 4.03. The van der Waals surface area contributed by atoms with Gasteiger partial charge in [-0.1, -0.05) is 18.2 Å². The summed E-state index contributed by atoms with van der Waals surface area (Å²) in [5.74, 6) is 3.52. The van der Waals surface area contributed by atoms with Crippen molar-refractivity contribution in [3.8, 4) is 0 Å². The Bertz CT molecular complexity index is 558. The van der Waals surface area contributed by atoms with Gasteiger partial charge in [-0.3, -0.25) is 4.98 Å². The third-order valence-electron chi connectivity index (χ3n) is 4.31. The molecular formula is C17H22N2S. The molecule has 1 aromatic heterocycles. The van der Waals surface area contributed by atoms with Crippen LogP contribution in [0.15, 0.2) is 36.5 Å². The zero-order valence-electron chi connectivity index (χ0n) is 12.0. The van der Waals surface area contributed by atoms with E-state index in [0.717, 1.165) is 11.4 Å². The smallest absolute Gasteiger partial charge is 0.0705 e. The van der Waals surface area contributed by atoms with Crippen LogP contribution in [0.3, 0.4) is 0 Å². The second-order valence-corrected chi connectivity index (χ2v) is 6.77. The van der Waals surface area contributed by atoms with Crippen molar-refractivity contribution in [2.24, 2.45) is 5.92 Å². The first-order chi connectivity index (χ1) is 9.88. The lowest BCUT2D eigenvalue weighted by molar-refractivity contribution is 0.385. The number of hydrogen-bond acceptors (Lipinski definition) is 3. The molecule has 0 bridgehead atoms. The van der Waals surface area contributed by atoms with Gasteiger partial charge in [-0.05, 0) is 61.4 Å². The molecule has 1 N–H and O–H groups in total. The lowest BCUT2D eigenvalue weighted by atomic mass is 9.89. The number of nitrogens with one attached hydrogen (secondary N) is 1. The van der Waals surface area contributed by atoms with E-state index in [1.165, 1.54) is 41.7 Å². The first-order valence-electron chi connectivity index (χ1n) is 7.47. The van der Waals surface area contributed by atoms with E-state index in [-0.39, 0.29) is 0 Å². The molecule has 0 spiro atoms. The SMILES string of the molecule is CNC(CC1CCSCC1)c1cccc2ncccc12.